The second kappa shape index (κ2) is 16.1. The number of allylic oxidation sites excluding steroid dienone is 3. The van der Waals surface area contributed by atoms with Crippen molar-refractivity contribution in [3.8, 4) is 0 Å². The summed E-state index contributed by atoms with van der Waals surface area (Å²) in [5, 5.41) is 0. The molecule has 1 heteroatoms. The normalized spacial score (nSPS) is 10.9. The minimum absolute atomic E-state index is 1.08. The van der Waals surface area contributed by atoms with Gasteiger partial charge in [-0.25, -0.2) is 0 Å². The van der Waals surface area contributed by atoms with Crippen LogP contribution in [0, 0.1) is 0 Å². The Hall–Kier alpha value is -0.850. The highest BCUT2D eigenvalue weighted by Gasteiger charge is 1.60. The Labute approximate surface area is 70.5 Å². The molecule has 0 aliphatic carbocycles. The summed E-state index contributed by atoms with van der Waals surface area (Å²) in [5.41, 5.74) is 0. The zero-order valence-corrected chi connectivity index (χ0v) is 8.04. The quantitative estimate of drug-likeness (QED) is 0.434. The number of nitrogens with zero attached hydrogens (tertiary/aromatic N) is 1. The summed E-state index contributed by atoms with van der Waals surface area (Å²) in [5.74, 6) is 0. The van der Waals surface area contributed by atoms with Crippen molar-refractivity contribution in [2.45, 2.75) is 34.1 Å². The van der Waals surface area contributed by atoms with Gasteiger partial charge in [0.15, 0.2) is 0 Å². The zero-order valence-electron chi connectivity index (χ0n) is 8.04. The Morgan fingerprint density at radius 1 is 1.18 bits per heavy atom. The Morgan fingerprint density at radius 3 is 2.27 bits per heavy atom. The van der Waals surface area contributed by atoms with E-state index >= 15 is 0 Å². The van der Waals surface area contributed by atoms with Crippen molar-refractivity contribution >= 4 is 6.21 Å². The molecule has 0 saturated heterocycles. The van der Waals surface area contributed by atoms with Crippen molar-refractivity contribution in [3.63, 3.8) is 0 Å². The number of hydrogen-bond donors (Lipinski definition) is 0. The van der Waals surface area contributed by atoms with Crippen LogP contribution in [0.2, 0.25) is 0 Å². The van der Waals surface area contributed by atoms with Gasteiger partial charge in [-0.1, -0.05) is 32.9 Å². The van der Waals surface area contributed by atoms with Crippen LogP contribution >= 0.6 is 0 Å². The van der Waals surface area contributed by atoms with Crippen LogP contribution < -0.4 is 0 Å². The summed E-state index contributed by atoms with van der Waals surface area (Å²) in [6.45, 7) is 8.00. The van der Waals surface area contributed by atoms with Gasteiger partial charge in [0.1, 0.15) is 0 Å². The first kappa shape index (κ1) is 12.8. The van der Waals surface area contributed by atoms with Gasteiger partial charge >= 0.3 is 0 Å². The van der Waals surface area contributed by atoms with E-state index in [9.17, 15) is 0 Å². The molecular formula is C10H19N. The SMILES string of the molecule is CC.CC=N/C=C\C=C/CC. The molecule has 0 aromatic heterocycles. The first-order valence-electron chi connectivity index (χ1n) is 4.21. The lowest BCUT2D eigenvalue weighted by Gasteiger charge is -1.73. The van der Waals surface area contributed by atoms with E-state index in [4.69, 9.17) is 0 Å². The van der Waals surface area contributed by atoms with E-state index in [-0.39, 0.29) is 0 Å². The van der Waals surface area contributed by atoms with Crippen LogP contribution in [0.1, 0.15) is 34.1 Å². The molecule has 0 bridgehead atoms. The maximum atomic E-state index is 3.89. The topological polar surface area (TPSA) is 12.4 Å². The number of hydrogen-bond acceptors (Lipinski definition) is 1. The summed E-state index contributed by atoms with van der Waals surface area (Å²) >= 11 is 0. The van der Waals surface area contributed by atoms with Gasteiger partial charge in [0.25, 0.3) is 0 Å². The van der Waals surface area contributed by atoms with Crippen LogP contribution in [0.4, 0.5) is 0 Å². The maximum absolute atomic E-state index is 3.89. The van der Waals surface area contributed by atoms with Crippen LogP contribution in [-0.4, -0.2) is 6.21 Å². The smallest absolute Gasteiger partial charge is 0.0263 e. The Bertz CT molecular complexity index is 121. The van der Waals surface area contributed by atoms with Crippen molar-refractivity contribution in [2.24, 2.45) is 4.99 Å². The molecule has 0 fully saturated rings. The summed E-state index contributed by atoms with van der Waals surface area (Å²) in [6, 6.07) is 0. The fraction of sp³-hybridized carbons (Fsp3) is 0.500. The van der Waals surface area contributed by atoms with E-state index in [1.54, 1.807) is 12.4 Å². The molecule has 0 rings (SSSR count). The standard InChI is InChI=1S/C8H13N.C2H6/c1-3-5-6-7-8-9-4-2;1-2/h4-8H,3H2,1-2H3;1-2H3/b6-5-,8-7-,9-4?;. The average molecular weight is 153 g/mol. The Morgan fingerprint density at radius 2 is 1.82 bits per heavy atom. The van der Waals surface area contributed by atoms with Gasteiger partial charge < -0.3 is 0 Å². The lowest BCUT2D eigenvalue weighted by atomic mass is 10.4. The van der Waals surface area contributed by atoms with E-state index in [2.05, 4.69) is 18.0 Å². The molecule has 0 aromatic carbocycles. The monoisotopic (exact) mass is 153 g/mol. The van der Waals surface area contributed by atoms with E-state index in [0.29, 0.717) is 0 Å². The molecule has 0 amide bonds. The lowest BCUT2D eigenvalue weighted by Crippen LogP contribution is -1.54. The summed E-state index contributed by atoms with van der Waals surface area (Å²) in [7, 11) is 0. The highest BCUT2D eigenvalue weighted by atomic mass is 14.6. The summed E-state index contributed by atoms with van der Waals surface area (Å²) in [6.07, 6.45) is 10.6. The largest absolute Gasteiger partial charge is 0.269 e. The second-order valence-corrected chi connectivity index (χ2v) is 1.59. The first-order valence-corrected chi connectivity index (χ1v) is 4.21. The molecule has 0 radical (unpaired) electrons. The molecular weight excluding hydrogens is 134 g/mol. The predicted molar refractivity (Wildman–Crippen MR) is 54.1 cm³/mol. The van der Waals surface area contributed by atoms with Gasteiger partial charge in [0, 0.05) is 12.4 Å². The van der Waals surface area contributed by atoms with Crippen molar-refractivity contribution in [1.29, 1.82) is 0 Å². The Balaban J connectivity index is 0. The van der Waals surface area contributed by atoms with Crippen molar-refractivity contribution < 1.29 is 0 Å². The van der Waals surface area contributed by atoms with Crippen molar-refractivity contribution in [3.05, 3.63) is 24.4 Å². The fourth-order valence-electron chi connectivity index (χ4n) is 0.400. The predicted octanol–water partition coefficient (Wildman–Crippen LogP) is 3.58. The van der Waals surface area contributed by atoms with Crippen LogP contribution in [-0.2, 0) is 0 Å². The molecule has 11 heavy (non-hydrogen) atoms. The second-order valence-electron chi connectivity index (χ2n) is 1.59. The van der Waals surface area contributed by atoms with E-state index < -0.39 is 0 Å². The molecule has 0 unspecified atom stereocenters. The molecule has 1 nitrogen and oxygen atoms in total. The summed E-state index contributed by atoms with van der Waals surface area (Å²) in [4.78, 5) is 3.89. The maximum Gasteiger partial charge on any atom is 0.0263 e. The summed E-state index contributed by atoms with van der Waals surface area (Å²) < 4.78 is 0. The first-order chi connectivity index (χ1) is 5.41. The highest BCUT2D eigenvalue weighted by Crippen LogP contribution is 1.81. The average Bonchev–Trinajstić information content (AvgIpc) is 2.08. The van der Waals surface area contributed by atoms with Crippen LogP contribution in [0.15, 0.2) is 29.4 Å². The van der Waals surface area contributed by atoms with Gasteiger partial charge in [-0.05, 0) is 19.4 Å². The van der Waals surface area contributed by atoms with Gasteiger partial charge in [0.05, 0.1) is 0 Å². The lowest BCUT2D eigenvalue weighted by molar-refractivity contribution is 1.22. The third-order valence-corrected chi connectivity index (χ3v) is 0.804. The van der Waals surface area contributed by atoms with Gasteiger partial charge in [-0.15, -0.1) is 0 Å². The molecule has 0 saturated carbocycles. The van der Waals surface area contributed by atoms with Crippen LogP contribution in [0.25, 0.3) is 0 Å². The fourth-order valence-corrected chi connectivity index (χ4v) is 0.400. The van der Waals surface area contributed by atoms with Crippen LogP contribution in [0.5, 0.6) is 0 Å². The van der Waals surface area contributed by atoms with Gasteiger partial charge in [-0.3, -0.25) is 4.99 Å². The molecule has 0 atom stereocenters. The minimum Gasteiger partial charge on any atom is -0.269 e. The molecule has 0 N–H and O–H groups in total. The molecule has 0 aliphatic heterocycles. The number of rotatable bonds is 3. The highest BCUT2D eigenvalue weighted by molar-refractivity contribution is 5.54. The van der Waals surface area contributed by atoms with Crippen molar-refractivity contribution in [2.75, 3.05) is 0 Å². The Kier molecular flexibility index (Phi) is 18.7. The van der Waals surface area contributed by atoms with Gasteiger partial charge in [-0.2, -0.15) is 0 Å². The third kappa shape index (κ3) is 17.6. The molecule has 0 aliphatic rings. The van der Waals surface area contributed by atoms with Crippen molar-refractivity contribution in [1.82, 2.24) is 0 Å². The molecule has 0 spiro atoms. The zero-order chi connectivity index (χ0) is 8.95. The van der Waals surface area contributed by atoms with Crippen LogP contribution in [0.3, 0.4) is 0 Å². The minimum atomic E-state index is 1.08. The molecule has 0 heterocycles. The number of aliphatic imine (C=N–C) groups is 1. The van der Waals surface area contributed by atoms with Gasteiger partial charge in [0.2, 0.25) is 0 Å². The van der Waals surface area contributed by atoms with E-state index in [1.165, 1.54) is 0 Å². The van der Waals surface area contributed by atoms with E-state index in [1.807, 2.05) is 32.9 Å². The van der Waals surface area contributed by atoms with E-state index in [0.717, 1.165) is 6.42 Å². The third-order valence-electron chi connectivity index (χ3n) is 0.804. The molecule has 0 aromatic rings. The molecule has 64 valence electrons.